The SMILES string of the molecule is CCC(N)Cc1cn(CC2CCOCC2)cn1. The van der Waals surface area contributed by atoms with Crippen molar-refractivity contribution in [3.05, 3.63) is 18.2 Å². The molecule has 0 amide bonds. The Hall–Kier alpha value is -0.870. The first-order valence-electron chi connectivity index (χ1n) is 6.62. The van der Waals surface area contributed by atoms with Gasteiger partial charge in [-0.05, 0) is 25.2 Å². The van der Waals surface area contributed by atoms with Crippen molar-refractivity contribution in [1.29, 1.82) is 0 Å². The second-order valence-corrected chi connectivity index (χ2v) is 4.99. The molecule has 2 rings (SSSR count). The topological polar surface area (TPSA) is 53.1 Å². The fourth-order valence-electron chi connectivity index (χ4n) is 2.25. The van der Waals surface area contributed by atoms with Crippen LogP contribution in [0, 0.1) is 5.92 Å². The first-order valence-corrected chi connectivity index (χ1v) is 6.62. The number of ether oxygens (including phenoxy) is 1. The summed E-state index contributed by atoms with van der Waals surface area (Å²) in [6.45, 7) is 5.00. The minimum atomic E-state index is 0.237. The van der Waals surface area contributed by atoms with E-state index in [1.807, 2.05) is 6.33 Å². The summed E-state index contributed by atoms with van der Waals surface area (Å²) in [5, 5.41) is 0. The van der Waals surface area contributed by atoms with E-state index in [4.69, 9.17) is 10.5 Å². The molecule has 4 heteroatoms. The van der Waals surface area contributed by atoms with Crippen LogP contribution < -0.4 is 5.73 Å². The molecular weight excluding hydrogens is 214 g/mol. The molecule has 0 radical (unpaired) electrons. The summed E-state index contributed by atoms with van der Waals surface area (Å²) in [4.78, 5) is 4.42. The van der Waals surface area contributed by atoms with Crippen LogP contribution in [0.3, 0.4) is 0 Å². The largest absolute Gasteiger partial charge is 0.381 e. The van der Waals surface area contributed by atoms with Crippen LogP contribution in [0.2, 0.25) is 0 Å². The van der Waals surface area contributed by atoms with E-state index in [9.17, 15) is 0 Å². The summed E-state index contributed by atoms with van der Waals surface area (Å²) in [5.41, 5.74) is 7.05. The van der Waals surface area contributed by atoms with Crippen LogP contribution >= 0.6 is 0 Å². The van der Waals surface area contributed by atoms with Crippen LogP contribution in [-0.2, 0) is 17.7 Å². The Labute approximate surface area is 103 Å². The number of hydrogen-bond donors (Lipinski definition) is 1. The van der Waals surface area contributed by atoms with Gasteiger partial charge in [0.1, 0.15) is 0 Å². The lowest BCUT2D eigenvalue weighted by atomic mass is 10.0. The molecule has 0 aliphatic carbocycles. The predicted octanol–water partition coefficient (Wildman–Crippen LogP) is 1.59. The molecule has 17 heavy (non-hydrogen) atoms. The van der Waals surface area contributed by atoms with Crippen LogP contribution in [0.15, 0.2) is 12.5 Å². The smallest absolute Gasteiger partial charge is 0.0949 e. The highest BCUT2D eigenvalue weighted by molar-refractivity contribution is 4.99. The average molecular weight is 237 g/mol. The van der Waals surface area contributed by atoms with E-state index >= 15 is 0 Å². The maximum Gasteiger partial charge on any atom is 0.0949 e. The molecule has 1 atom stereocenters. The molecule has 0 aromatic carbocycles. The van der Waals surface area contributed by atoms with Gasteiger partial charge in [-0.1, -0.05) is 6.92 Å². The monoisotopic (exact) mass is 237 g/mol. The summed E-state index contributed by atoms with van der Waals surface area (Å²) in [6.07, 6.45) is 8.31. The molecule has 1 aromatic heterocycles. The van der Waals surface area contributed by atoms with Crippen molar-refractivity contribution in [3.8, 4) is 0 Å². The molecule has 1 aromatic rings. The van der Waals surface area contributed by atoms with Gasteiger partial charge in [0.2, 0.25) is 0 Å². The fraction of sp³-hybridized carbons (Fsp3) is 0.769. The van der Waals surface area contributed by atoms with Crippen molar-refractivity contribution in [3.63, 3.8) is 0 Å². The van der Waals surface area contributed by atoms with E-state index in [2.05, 4.69) is 22.7 Å². The van der Waals surface area contributed by atoms with Crippen LogP contribution in [0.5, 0.6) is 0 Å². The quantitative estimate of drug-likeness (QED) is 0.846. The highest BCUT2D eigenvalue weighted by Crippen LogP contribution is 2.17. The Balaban J connectivity index is 1.84. The van der Waals surface area contributed by atoms with E-state index in [-0.39, 0.29) is 6.04 Å². The maximum atomic E-state index is 5.93. The zero-order valence-corrected chi connectivity index (χ0v) is 10.6. The Morgan fingerprint density at radius 3 is 3.00 bits per heavy atom. The van der Waals surface area contributed by atoms with Crippen molar-refractivity contribution < 1.29 is 4.74 Å². The molecule has 2 heterocycles. The van der Waals surface area contributed by atoms with Gasteiger partial charge in [-0.2, -0.15) is 0 Å². The maximum absolute atomic E-state index is 5.93. The Bertz CT molecular complexity index is 331. The highest BCUT2D eigenvalue weighted by Gasteiger charge is 2.14. The lowest BCUT2D eigenvalue weighted by molar-refractivity contribution is 0.0612. The average Bonchev–Trinajstić information content (AvgIpc) is 2.77. The van der Waals surface area contributed by atoms with Gasteiger partial charge in [0.25, 0.3) is 0 Å². The zero-order chi connectivity index (χ0) is 12.1. The van der Waals surface area contributed by atoms with Crippen LogP contribution in [-0.4, -0.2) is 28.8 Å². The van der Waals surface area contributed by atoms with Crippen LogP contribution in [0.1, 0.15) is 31.9 Å². The van der Waals surface area contributed by atoms with Crippen molar-refractivity contribution in [2.24, 2.45) is 11.7 Å². The lowest BCUT2D eigenvalue weighted by Gasteiger charge is -2.22. The Morgan fingerprint density at radius 2 is 2.29 bits per heavy atom. The number of nitrogens with two attached hydrogens (primary N) is 1. The van der Waals surface area contributed by atoms with Gasteiger partial charge < -0.3 is 15.0 Å². The molecule has 0 spiro atoms. The molecule has 2 N–H and O–H groups in total. The molecular formula is C13H23N3O. The molecule has 1 aliphatic heterocycles. The van der Waals surface area contributed by atoms with E-state index in [1.165, 1.54) is 12.8 Å². The van der Waals surface area contributed by atoms with Gasteiger partial charge in [-0.25, -0.2) is 4.98 Å². The van der Waals surface area contributed by atoms with Crippen molar-refractivity contribution in [1.82, 2.24) is 9.55 Å². The van der Waals surface area contributed by atoms with Crippen molar-refractivity contribution >= 4 is 0 Å². The van der Waals surface area contributed by atoms with E-state index in [1.54, 1.807) is 0 Å². The number of aromatic nitrogens is 2. The Kier molecular flexibility index (Phi) is 4.57. The van der Waals surface area contributed by atoms with E-state index in [0.29, 0.717) is 0 Å². The number of nitrogens with zero attached hydrogens (tertiary/aromatic N) is 2. The third-order valence-corrected chi connectivity index (χ3v) is 3.49. The summed E-state index contributed by atoms with van der Waals surface area (Å²) < 4.78 is 7.57. The summed E-state index contributed by atoms with van der Waals surface area (Å²) in [5.74, 6) is 0.741. The second-order valence-electron chi connectivity index (χ2n) is 4.99. The molecule has 4 nitrogen and oxygen atoms in total. The zero-order valence-electron chi connectivity index (χ0n) is 10.6. The normalized spacial score (nSPS) is 19.4. The second kappa shape index (κ2) is 6.17. The van der Waals surface area contributed by atoms with Gasteiger partial charge >= 0.3 is 0 Å². The molecule has 1 unspecified atom stereocenters. The molecule has 0 bridgehead atoms. The van der Waals surface area contributed by atoms with Crippen LogP contribution in [0.25, 0.3) is 0 Å². The van der Waals surface area contributed by atoms with Crippen molar-refractivity contribution in [2.45, 2.75) is 45.2 Å². The summed E-state index contributed by atoms with van der Waals surface area (Å²) in [7, 11) is 0. The summed E-state index contributed by atoms with van der Waals surface area (Å²) >= 11 is 0. The van der Waals surface area contributed by atoms with Gasteiger partial charge in [0, 0.05) is 38.4 Å². The van der Waals surface area contributed by atoms with Crippen LogP contribution in [0.4, 0.5) is 0 Å². The van der Waals surface area contributed by atoms with Crippen molar-refractivity contribution in [2.75, 3.05) is 13.2 Å². The fourth-order valence-corrected chi connectivity index (χ4v) is 2.25. The molecule has 0 saturated carbocycles. The molecule has 96 valence electrons. The number of rotatable bonds is 5. The van der Waals surface area contributed by atoms with Gasteiger partial charge in [-0.3, -0.25) is 0 Å². The number of hydrogen-bond acceptors (Lipinski definition) is 3. The predicted molar refractivity (Wildman–Crippen MR) is 67.7 cm³/mol. The van der Waals surface area contributed by atoms with Gasteiger partial charge in [0.15, 0.2) is 0 Å². The number of imidazole rings is 1. The standard InChI is InChI=1S/C13H23N3O/c1-2-12(14)7-13-9-16(10-15-13)8-11-3-5-17-6-4-11/h9-12H,2-8,14H2,1H3. The third kappa shape index (κ3) is 3.82. The first kappa shape index (κ1) is 12.6. The highest BCUT2D eigenvalue weighted by atomic mass is 16.5. The third-order valence-electron chi connectivity index (χ3n) is 3.49. The van der Waals surface area contributed by atoms with E-state index < -0.39 is 0 Å². The molecule has 1 aliphatic rings. The molecule has 1 fully saturated rings. The van der Waals surface area contributed by atoms with Gasteiger partial charge in [0.05, 0.1) is 12.0 Å². The minimum Gasteiger partial charge on any atom is -0.381 e. The van der Waals surface area contributed by atoms with E-state index in [0.717, 1.165) is 44.2 Å². The first-order chi connectivity index (χ1) is 8.28. The Morgan fingerprint density at radius 1 is 1.53 bits per heavy atom. The van der Waals surface area contributed by atoms with Gasteiger partial charge in [-0.15, -0.1) is 0 Å². The minimum absolute atomic E-state index is 0.237. The summed E-state index contributed by atoms with van der Waals surface area (Å²) in [6, 6.07) is 0.237. The molecule has 1 saturated heterocycles. The lowest BCUT2D eigenvalue weighted by Crippen LogP contribution is -2.21.